The Hall–Kier alpha value is -0.570. The standard InChI is InChI=1S/C10H16ClN3/c1-3-8-12-13-9(11)14(8)7-10(2)5-4-6-10/h3-7H2,1-2H3. The first kappa shape index (κ1) is 9.97. The van der Waals surface area contributed by atoms with Crippen molar-refractivity contribution in [1.82, 2.24) is 14.8 Å². The minimum absolute atomic E-state index is 0.427. The molecule has 0 N–H and O–H groups in total. The van der Waals surface area contributed by atoms with Gasteiger partial charge in [0.1, 0.15) is 5.82 Å². The summed E-state index contributed by atoms with van der Waals surface area (Å²) in [6.45, 7) is 5.37. The molecule has 1 aromatic heterocycles. The second-order valence-corrected chi connectivity index (χ2v) is 4.83. The predicted molar refractivity (Wildman–Crippen MR) is 56.4 cm³/mol. The van der Waals surface area contributed by atoms with Gasteiger partial charge in [-0.15, -0.1) is 10.2 Å². The highest BCUT2D eigenvalue weighted by Crippen LogP contribution is 2.42. The smallest absolute Gasteiger partial charge is 0.225 e. The Morgan fingerprint density at radius 3 is 2.64 bits per heavy atom. The molecule has 0 aromatic carbocycles. The fraction of sp³-hybridized carbons (Fsp3) is 0.800. The Balaban J connectivity index is 2.18. The van der Waals surface area contributed by atoms with Gasteiger partial charge in [-0.3, -0.25) is 0 Å². The Labute approximate surface area is 89.5 Å². The zero-order chi connectivity index (χ0) is 10.2. The first-order valence-corrected chi connectivity index (χ1v) is 5.60. The third-order valence-electron chi connectivity index (χ3n) is 3.20. The van der Waals surface area contributed by atoms with Crippen LogP contribution < -0.4 is 0 Å². The van der Waals surface area contributed by atoms with E-state index in [-0.39, 0.29) is 0 Å². The van der Waals surface area contributed by atoms with Crippen LogP contribution in [0, 0.1) is 5.41 Å². The molecule has 0 spiro atoms. The molecule has 1 fully saturated rings. The van der Waals surface area contributed by atoms with Crippen molar-refractivity contribution in [2.24, 2.45) is 5.41 Å². The van der Waals surface area contributed by atoms with E-state index in [9.17, 15) is 0 Å². The summed E-state index contributed by atoms with van der Waals surface area (Å²) in [4.78, 5) is 0. The monoisotopic (exact) mass is 213 g/mol. The summed E-state index contributed by atoms with van der Waals surface area (Å²) in [6, 6.07) is 0. The summed E-state index contributed by atoms with van der Waals surface area (Å²) in [7, 11) is 0. The van der Waals surface area contributed by atoms with Crippen LogP contribution in [0.15, 0.2) is 0 Å². The summed E-state index contributed by atoms with van der Waals surface area (Å²) in [5, 5.41) is 8.50. The molecule has 1 aromatic rings. The number of rotatable bonds is 3. The molecule has 1 aliphatic rings. The maximum atomic E-state index is 6.00. The normalized spacial score (nSPS) is 19.4. The molecule has 0 unspecified atom stereocenters. The Kier molecular flexibility index (Phi) is 2.52. The van der Waals surface area contributed by atoms with Gasteiger partial charge in [-0.05, 0) is 29.9 Å². The maximum absolute atomic E-state index is 6.00. The zero-order valence-electron chi connectivity index (χ0n) is 8.76. The molecule has 1 heterocycles. The number of hydrogen-bond donors (Lipinski definition) is 0. The lowest BCUT2D eigenvalue weighted by Crippen LogP contribution is -2.31. The van der Waals surface area contributed by atoms with Crippen molar-refractivity contribution in [3.05, 3.63) is 11.1 Å². The largest absolute Gasteiger partial charge is 0.301 e. The van der Waals surface area contributed by atoms with E-state index in [2.05, 4.69) is 28.6 Å². The van der Waals surface area contributed by atoms with Crippen molar-refractivity contribution in [2.75, 3.05) is 0 Å². The van der Waals surface area contributed by atoms with Crippen LogP contribution in [0.1, 0.15) is 38.9 Å². The van der Waals surface area contributed by atoms with E-state index in [4.69, 9.17) is 11.6 Å². The van der Waals surface area contributed by atoms with Gasteiger partial charge in [-0.2, -0.15) is 0 Å². The van der Waals surface area contributed by atoms with Crippen LogP contribution in [0.4, 0.5) is 0 Å². The third kappa shape index (κ3) is 1.65. The van der Waals surface area contributed by atoms with Gasteiger partial charge in [0.2, 0.25) is 5.28 Å². The summed E-state index contributed by atoms with van der Waals surface area (Å²) in [5.41, 5.74) is 0.427. The van der Waals surface area contributed by atoms with Crippen LogP contribution in [0.3, 0.4) is 0 Å². The second kappa shape index (κ2) is 3.54. The van der Waals surface area contributed by atoms with E-state index in [1.54, 1.807) is 0 Å². The van der Waals surface area contributed by atoms with Gasteiger partial charge in [-0.1, -0.05) is 20.3 Å². The summed E-state index contributed by atoms with van der Waals surface area (Å²) < 4.78 is 2.06. The fourth-order valence-electron chi connectivity index (χ4n) is 2.05. The number of hydrogen-bond acceptors (Lipinski definition) is 2. The summed E-state index contributed by atoms with van der Waals surface area (Å²) in [5.74, 6) is 1.00. The fourth-order valence-corrected chi connectivity index (χ4v) is 2.25. The zero-order valence-corrected chi connectivity index (χ0v) is 9.51. The van der Waals surface area contributed by atoms with Crippen LogP contribution in [-0.4, -0.2) is 14.8 Å². The van der Waals surface area contributed by atoms with Crippen molar-refractivity contribution in [3.8, 4) is 0 Å². The maximum Gasteiger partial charge on any atom is 0.225 e. The first-order chi connectivity index (χ1) is 6.64. The molecular formula is C10H16ClN3. The molecule has 1 aliphatic carbocycles. The first-order valence-electron chi connectivity index (χ1n) is 5.22. The van der Waals surface area contributed by atoms with E-state index in [0.29, 0.717) is 10.7 Å². The Morgan fingerprint density at radius 2 is 2.14 bits per heavy atom. The topological polar surface area (TPSA) is 30.7 Å². The van der Waals surface area contributed by atoms with Crippen molar-refractivity contribution < 1.29 is 0 Å². The molecule has 0 amide bonds. The molecule has 4 heteroatoms. The molecule has 3 nitrogen and oxygen atoms in total. The van der Waals surface area contributed by atoms with E-state index in [0.717, 1.165) is 18.8 Å². The van der Waals surface area contributed by atoms with E-state index in [1.807, 2.05) is 0 Å². The van der Waals surface area contributed by atoms with Gasteiger partial charge >= 0.3 is 0 Å². The summed E-state index contributed by atoms with van der Waals surface area (Å²) >= 11 is 6.00. The molecule has 1 saturated carbocycles. The Morgan fingerprint density at radius 1 is 1.43 bits per heavy atom. The Bertz CT molecular complexity index is 328. The predicted octanol–water partition coefficient (Wildman–Crippen LogP) is 2.68. The molecule has 0 saturated heterocycles. The molecule has 0 atom stereocenters. The lowest BCUT2D eigenvalue weighted by atomic mass is 9.70. The summed E-state index contributed by atoms with van der Waals surface area (Å²) in [6.07, 6.45) is 4.84. The van der Waals surface area contributed by atoms with Crippen molar-refractivity contribution >= 4 is 11.6 Å². The molecule has 0 radical (unpaired) electrons. The third-order valence-corrected chi connectivity index (χ3v) is 3.48. The van der Waals surface area contributed by atoms with Crippen LogP contribution in [0.2, 0.25) is 5.28 Å². The van der Waals surface area contributed by atoms with Crippen LogP contribution in [0.25, 0.3) is 0 Å². The van der Waals surface area contributed by atoms with Gasteiger partial charge in [0.15, 0.2) is 0 Å². The second-order valence-electron chi connectivity index (χ2n) is 4.49. The van der Waals surface area contributed by atoms with Crippen LogP contribution in [-0.2, 0) is 13.0 Å². The average Bonchev–Trinajstić information content (AvgIpc) is 2.45. The van der Waals surface area contributed by atoms with E-state index < -0.39 is 0 Å². The minimum Gasteiger partial charge on any atom is -0.301 e. The van der Waals surface area contributed by atoms with Gasteiger partial charge in [-0.25, -0.2) is 0 Å². The molecule has 14 heavy (non-hydrogen) atoms. The average molecular weight is 214 g/mol. The van der Waals surface area contributed by atoms with Crippen molar-refractivity contribution in [1.29, 1.82) is 0 Å². The highest BCUT2D eigenvalue weighted by atomic mass is 35.5. The highest BCUT2D eigenvalue weighted by Gasteiger charge is 2.33. The SMILES string of the molecule is CCc1nnc(Cl)n1CC1(C)CCC1. The van der Waals surface area contributed by atoms with Crippen LogP contribution >= 0.6 is 11.6 Å². The van der Waals surface area contributed by atoms with Crippen LogP contribution in [0.5, 0.6) is 0 Å². The van der Waals surface area contributed by atoms with Gasteiger partial charge < -0.3 is 4.57 Å². The van der Waals surface area contributed by atoms with Gasteiger partial charge in [0, 0.05) is 13.0 Å². The minimum atomic E-state index is 0.427. The lowest BCUT2D eigenvalue weighted by Gasteiger charge is -2.38. The van der Waals surface area contributed by atoms with Gasteiger partial charge in [0.05, 0.1) is 0 Å². The number of nitrogens with zero attached hydrogens (tertiary/aromatic N) is 3. The molecule has 78 valence electrons. The molecule has 2 rings (SSSR count). The van der Waals surface area contributed by atoms with E-state index >= 15 is 0 Å². The quantitative estimate of drug-likeness (QED) is 0.773. The van der Waals surface area contributed by atoms with Gasteiger partial charge in [0.25, 0.3) is 0 Å². The number of aryl methyl sites for hydroxylation is 1. The number of halogens is 1. The molecule has 0 aliphatic heterocycles. The number of aromatic nitrogens is 3. The lowest BCUT2D eigenvalue weighted by molar-refractivity contribution is 0.130. The van der Waals surface area contributed by atoms with Crippen molar-refractivity contribution in [2.45, 2.75) is 46.1 Å². The molecule has 0 bridgehead atoms. The molecular weight excluding hydrogens is 198 g/mol. The van der Waals surface area contributed by atoms with E-state index in [1.165, 1.54) is 19.3 Å². The van der Waals surface area contributed by atoms with Crippen molar-refractivity contribution in [3.63, 3.8) is 0 Å². The highest BCUT2D eigenvalue weighted by molar-refractivity contribution is 6.28.